The fourth-order valence-electron chi connectivity index (χ4n) is 3.94. The summed E-state index contributed by atoms with van der Waals surface area (Å²) in [4.78, 5) is 17.3. The number of amidine groups is 1. The zero-order valence-corrected chi connectivity index (χ0v) is 18.7. The fourth-order valence-corrected chi connectivity index (χ4v) is 3.94. The van der Waals surface area contributed by atoms with Gasteiger partial charge in [0.05, 0.1) is 17.0 Å². The molecule has 0 aliphatic heterocycles. The van der Waals surface area contributed by atoms with Crippen molar-refractivity contribution < 1.29 is 18.4 Å². The predicted octanol–water partition coefficient (Wildman–Crippen LogP) is 5.02. The van der Waals surface area contributed by atoms with Crippen LogP contribution in [-0.4, -0.2) is 16.0 Å². The van der Waals surface area contributed by atoms with E-state index in [4.69, 9.17) is 15.4 Å². The zero-order valence-electron chi connectivity index (χ0n) is 18.7. The maximum absolute atomic E-state index is 14.5. The molecule has 0 saturated heterocycles. The van der Waals surface area contributed by atoms with Crippen molar-refractivity contribution in [2.75, 3.05) is 5.32 Å². The van der Waals surface area contributed by atoms with E-state index in [9.17, 15) is 13.6 Å². The minimum Gasteiger partial charge on any atom is -0.455 e. The van der Waals surface area contributed by atoms with Crippen LogP contribution in [0.25, 0.3) is 22.3 Å². The van der Waals surface area contributed by atoms with Gasteiger partial charge in [0.1, 0.15) is 11.3 Å². The number of benzene rings is 2. The Balaban J connectivity index is 1.90. The lowest BCUT2D eigenvalue weighted by molar-refractivity contribution is 0.318. The highest BCUT2D eigenvalue weighted by Crippen LogP contribution is 2.33. The molecule has 0 unspecified atom stereocenters. The molecular weight excluding hydrogens is 442 g/mol. The number of oxime groups is 1. The smallest absolute Gasteiger partial charge is 0.196 e. The minimum atomic E-state index is -1.25. The number of hydrogen-bond acceptors (Lipinski definition) is 6. The number of halogens is 2. The number of anilines is 1. The molecule has 0 aliphatic carbocycles. The van der Waals surface area contributed by atoms with E-state index in [1.807, 2.05) is 13.0 Å². The SMILES string of the molecule is Cc1cc([C@@H](C)Nc2ccc(F)c(F)c2C(N)=NO)c2oc(-c3cccnc3)c(C)c(=O)c2c1. The van der Waals surface area contributed by atoms with E-state index in [2.05, 4.69) is 15.5 Å². The summed E-state index contributed by atoms with van der Waals surface area (Å²) in [7, 11) is 0. The van der Waals surface area contributed by atoms with Gasteiger partial charge in [0.15, 0.2) is 22.9 Å². The molecule has 2 aromatic heterocycles. The molecule has 1 atom stereocenters. The maximum atomic E-state index is 14.5. The van der Waals surface area contributed by atoms with Crippen molar-refractivity contribution in [3.8, 4) is 11.3 Å². The minimum absolute atomic E-state index is 0.110. The molecule has 0 bridgehead atoms. The van der Waals surface area contributed by atoms with Crippen LogP contribution in [0.1, 0.15) is 35.2 Å². The topological polar surface area (TPSA) is 114 Å². The maximum Gasteiger partial charge on any atom is 0.196 e. The summed E-state index contributed by atoms with van der Waals surface area (Å²) in [6.45, 7) is 5.32. The van der Waals surface area contributed by atoms with Crippen LogP contribution < -0.4 is 16.5 Å². The van der Waals surface area contributed by atoms with E-state index >= 15 is 0 Å². The van der Waals surface area contributed by atoms with Gasteiger partial charge in [-0.1, -0.05) is 11.2 Å². The van der Waals surface area contributed by atoms with Gasteiger partial charge in [-0.2, -0.15) is 0 Å². The monoisotopic (exact) mass is 464 g/mol. The molecule has 4 aromatic rings. The Kier molecular flexibility index (Phi) is 6.02. The third-order valence-corrected chi connectivity index (χ3v) is 5.61. The lowest BCUT2D eigenvalue weighted by atomic mass is 9.98. The second kappa shape index (κ2) is 8.93. The van der Waals surface area contributed by atoms with Gasteiger partial charge in [-0.05, 0) is 56.7 Å². The first-order valence-electron chi connectivity index (χ1n) is 10.4. The molecule has 0 saturated carbocycles. The highest BCUT2D eigenvalue weighted by atomic mass is 19.2. The highest BCUT2D eigenvalue weighted by Gasteiger charge is 2.22. The first-order chi connectivity index (χ1) is 16.2. The molecule has 0 radical (unpaired) electrons. The number of rotatable bonds is 5. The zero-order chi connectivity index (χ0) is 24.6. The van der Waals surface area contributed by atoms with E-state index in [0.29, 0.717) is 33.4 Å². The molecule has 2 aromatic carbocycles. The molecule has 34 heavy (non-hydrogen) atoms. The Morgan fingerprint density at radius 3 is 2.68 bits per heavy atom. The van der Waals surface area contributed by atoms with E-state index in [1.54, 1.807) is 44.4 Å². The van der Waals surface area contributed by atoms with Gasteiger partial charge in [-0.3, -0.25) is 9.78 Å². The Bertz CT molecular complexity index is 1480. The van der Waals surface area contributed by atoms with Crippen LogP contribution >= 0.6 is 0 Å². The van der Waals surface area contributed by atoms with Crippen molar-refractivity contribution in [1.82, 2.24) is 4.98 Å². The second-order valence-corrected chi connectivity index (χ2v) is 7.99. The van der Waals surface area contributed by atoms with E-state index in [-0.39, 0.29) is 11.1 Å². The van der Waals surface area contributed by atoms with Crippen LogP contribution in [0.3, 0.4) is 0 Å². The van der Waals surface area contributed by atoms with Crippen molar-refractivity contribution in [3.05, 3.63) is 92.9 Å². The van der Waals surface area contributed by atoms with Crippen molar-refractivity contribution in [2.24, 2.45) is 10.9 Å². The summed E-state index contributed by atoms with van der Waals surface area (Å²) >= 11 is 0. The number of aromatic nitrogens is 1. The Labute approximate surface area is 193 Å². The average molecular weight is 464 g/mol. The molecule has 174 valence electrons. The number of nitrogens with one attached hydrogen (secondary N) is 1. The van der Waals surface area contributed by atoms with Gasteiger partial charge in [-0.15, -0.1) is 0 Å². The number of aryl methyl sites for hydroxylation is 1. The van der Waals surface area contributed by atoms with Crippen molar-refractivity contribution in [1.29, 1.82) is 0 Å². The van der Waals surface area contributed by atoms with Gasteiger partial charge in [0, 0.05) is 34.8 Å². The molecule has 4 N–H and O–H groups in total. The highest BCUT2D eigenvalue weighted by molar-refractivity contribution is 6.02. The number of nitrogens with zero attached hydrogens (tertiary/aromatic N) is 2. The average Bonchev–Trinajstić information content (AvgIpc) is 2.83. The van der Waals surface area contributed by atoms with Crippen LogP contribution in [0.5, 0.6) is 0 Å². The van der Waals surface area contributed by atoms with E-state index < -0.39 is 29.1 Å². The molecule has 4 rings (SSSR count). The van der Waals surface area contributed by atoms with Crippen molar-refractivity contribution in [2.45, 2.75) is 26.8 Å². The summed E-state index contributed by atoms with van der Waals surface area (Å²) in [5.74, 6) is -2.57. The number of fused-ring (bicyclic) bond motifs is 1. The number of pyridine rings is 1. The van der Waals surface area contributed by atoms with Gasteiger partial charge in [0.2, 0.25) is 0 Å². The van der Waals surface area contributed by atoms with E-state index in [1.165, 1.54) is 6.07 Å². The summed E-state index contributed by atoms with van der Waals surface area (Å²) in [6, 6.07) is 8.83. The molecule has 0 amide bonds. The van der Waals surface area contributed by atoms with Crippen LogP contribution in [0.4, 0.5) is 14.5 Å². The van der Waals surface area contributed by atoms with E-state index in [0.717, 1.165) is 11.6 Å². The fraction of sp³-hybridized carbons (Fsp3) is 0.160. The Morgan fingerprint density at radius 1 is 1.24 bits per heavy atom. The molecule has 0 aliphatic rings. The number of hydrogen-bond donors (Lipinski definition) is 3. The van der Waals surface area contributed by atoms with Gasteiger partial charge < -0.3 is 20.7 Å². The molecule has 9 heteroatoms. The van der Waals surface area contributed by atoms with Gasteiger partial charge in [-0.25, -0.2) is 8.78 Å². The summed E-state index contributed by atoms with van der Waals surface area (Å²) in [5, 5.41) is 15.3. The third-order valence-electron chi connectivity index (χ3n) is 5.61. The van der Waals surface area contributed by atoms with Crippen molar-refractivity contribution in [3.63, 3.8) is 0 Å². The van der Waals surface area contributed by atoms with Crippen LogP contribution in [0.2, 0.25) is 0 Å². The molecular formula is C25H22F2N4O3. The first-order valence-corrected chi connectivity index (χ1v) is 10.4. The lowest BCUT2D eigenvalue weighted by Gasteiger charge is -2.20. The third kappa shape index (κ3) is 3.96. The summed E-state index contributed by atoms with van der Waals surface area (Å²) < 4.78 is 34.5. The van der Waals surface area contributed by atoms with Crippen LogP contribution in [0.15, 0.2) is 63.2 Å². The quantitative estimate of drug-likeness (QED) is 0.165. The summed E-state index contributed by atoms with van der Waals surface area (Å²) in [5.41, 5.74) is 8.03. The first kappa shape index (κ1) is 22.9. The van der Waals surface area contributed by atoms with Crippen LogP contribution in [-0.2, 0) is 0 Å². The van der Waals surface area contributed by atoms with Crippen molar-refractivity contribution >= 4 is 22.5 Å². The molecule has 2 heterocycles. The second-order valence-electron chi connectivity index (χ2n) is 7.99. The molecule has 7 nitrogen and oxygen atoms in total. The standard InChI is InChI=1S/C25H22F2N4O3/c1-12-9-16(14(3)30-19-7-6-18(26)21(27)20(19)25(28)31-33)24-17(10-12)22(32)13(2)23(34-24)15-5-4-8-29-11-15/h4-11,14,30,33H,1-3H3,(H2,28,31)/t14-/m1/s1. The summed E-state index contributed by atoms with van der Waals surface area (Å²) in [6.07, 6.45) is 3.23. The Morgan fingerprint density at radius 2 is 2.00 bits per heavy atom. The van der Waals surface area contributed by atoms with Gasteiger partial charge in [0.25, 0.3) is 0 Å². The largest absolute Gasteiger partial charge is 0.455 e. The molecule has 0 fully saturated rings. The van der Waals surface area contributed by atoms with Gasteiger partial charge >= 0.3 is 0 Å². The Hall–Kier alpha value is -4.27. The normalized spacial score (nSPS) is 12.7. The predicted molar refractivity (Wildman–Crippen MR) is 126 cm³/mol. The molecule has 0 spiro atoms. The lowest BCUT2D eigenvalue weighted by Crippen LogP contribution is -2.20. The number of nitrogens with two attached hydrogens (primary N) is 1. The van der Waals surface area contributed by atoms with Crippen LogP contribution in [0, 0.1) is 25.5 Å².